The van der Waals surface area contributed by atoms with Gasteiger partial charge in [-0.2, -0.15) is 4.31 Å². The third kappa shape index (κ3) is 5.11. The number of anilines is 1. The minimum absolute atomic E-state index is 0.0366. The summed E-state index contributed by atoms with van der Waals surface area (Å²) in [6.45, 7) is 0.677. The van der Waals surface area contributed by atoms with Gasteiger partial charge in [-0.25, -0.2) is 26.0 Å². The number of rotatable bonds is 5. The SMILES string of the molecule is CC1CCC(O)CN(S(=O)(=O)c2cc(C(=O)Nc3cc(F)c(F)c(F)c3)ccc2CF)C1. The summed E-state index contributed by atoms with van der Waals surface area (Å²) in [5, 5.41) is 12.2. The fourth-order valence-electron chi connectivity index (χ4n) is 3.53. The lowest BCUT2D eigenvalue weighted by Crippen LogP contribution is -2.38. The third-order valence-corrected chi connectivity index (χ3v) is 7.17. The zero-order chi connectivity index (χ0) is 23.6. The molecule has 3 rings (SSSR count). The molecule has 6 nitrogen and oxygen atoms in total. The number of aliphatic hydroxyl groups excluding tert-OH is 1. The highest BCUT2D eigenvalue weighted by atomic mass is 32.2. The van der Waals surface area contributed by atoms with E-state index in [0.717, 1.165) is 16.4 Å². The van der Waals surface area contributed by atoms with E-state index in [9.17, 15) is 35.9 Å². The van der Waals surface area contributed by atoms with E-state index in [4.69, 9.17) is 0 Å². The third-order valence-electron chi connectivity index (χ3n) is 5.26. The lowest BCUT2D eigenvalue weighted by molar-refractivity contribution is 0.102. The second kappa shape index (κ2) is 9.55. The molecule has 0 spiro atoms. The maximum absolute atomic E-state index is 13.6. The Balaban J connectivity index is 1.95. The summed E-state index contributed by atoms with van der Waals surface area (Å²) in [4.78, 5) is 12.1. The van der Waals surface area contributed by atoms with Crippen LogP contribution in [-0.2, 0) is 16.7 Å². The average molecular weight is 474 g/mol. The second-order valence-electron chi connectivity index (χ2n) is 7.82. The number of amides is 1. The molecule has 0 aromatic heterocycles. The van der Waals surface area contributed by atoms with Gasteiger partial charge in [0.05, 0.1) is 11.0 Å². The van der Waals surface area contributed by atoms with Crippen LogP contribution in [0, 0.1) is 23.4 Å². The average Bonchev–Trinajstić information content (AvgIpc) is 2.92. The van der Waals surface area contributed by atoms with E-state index in [0.29, 0.717) is 25.0 Å². The van der Waals surface area contributed by atoms with Gasteiger partial charge >= 0.3 is 0 Å². The van der Waals surface area contributed by atoms with Gasteiger partial charge in [0.25, 0.3) is 5.91 Å². The molecule has 2 aromatic rings. The van der Waals surface area contributed by atoms with Crippen LogP contribution in [0.3, 0.4) is 0 Å². The molecule has 1 amide bonds. The molecule has 0 bridgehead atoms. The number of halogens is 4. The van der Waals surface area contributed by atoms with Gasteiger partial charge in [-0.15, -0.1) is 0 Å². The van der Waals surface area contributed by atoms with Gasteiger partial charge in [0.1, 0.15) is 6.67 Å². The van der Waals surface area contributed by atoms with Crippen LogP contribution in [0.15, 0.2) is 35.2 Å². The van der Waals surface area contributed by atoms with Crippen molar-refractivity contribution in [3.63, 3.8) is 0 Å². The summed E-state index contributed by atoms with van der Waals surface area (Å²) in [6.07, 6.45) is 0.172. The van der Waals surface area contributed by atoms with Crippen LogP contribution >= 0.6 is 0 Å². The molecule has 2 aromatic carbocycles. The molecular weight excluding hydrogens is 452 g/mol. The summed E-state index contributed by atoms with van der Waals surface area (Å²) >= 11 is 0. The van der Waals surface area contributed by atoms with Crippen molar-refractivity contribution in [1.29, 1.82) is 0 Å². The number of nitrogens with one attached hydrogen (secondary N) is 1. The Bertz CT molecular complexity index is 1090. The highest BCUT2D eigenvalue weighted by Gasteiger charge is 2.32. The van der Waals surface area contributed by atoms with Crippen molar-refractivity contribution in [3.05, 3.63) is 58.9 Å². The van der Waals surface area contributed by atoms with Crippen LogP contribution in [0.4, 0.5) is 23.2 Å². The van der Waals surface area contributed by atoms with Gasteiger partial charge in [0.15, 0.2) is 17.5 Å². The van der Waals surface area contributed by atoms with Crippen molar-refractivity contribution < 1.29 is 35.9 Å². The van der Waals surface area contributed by atoms with Crippen LogP contribution in [0.2, 0.25) is 0 Å². The number of alkyl halides is 1. The Kier molecular flexibility index (Phi) is 7.21. The second-order valence-corrected chi connectivity index (χ2v) is 9.73. The van der Waals surface area contributed by atoms with Gasteiger partial charge in [0.2, 0.25) is 10.0 Å². The monoisotopic (exact) mass is 474 g/mol. The van der Waals surface area contributed by atoms with Gasteiger partial charge in [-0.3, -0.25) is 4.79 Å². The lowest BCUT2D eigenvalue weighted by Gasteiger charge is -2.24. The predicted molar refractivity (Wildman–Crippen MR) is 109 cm³/mol. The molecule has 1 aliphatic rings. The maximum atomic E-state index is 13.6. The number of nitrogens with zero attached hydrogens (tertiary/aromatic N) is 1. The Morgan fingerprint density at radius 2 is 1.78 bits per heavy atom. The zero-order valence-electron chi connectivity index (χ0n) is 17.1. The Morgan fingerprint density at radius 1 is 1.12 bits per heavy atom. The quantitative estimate of drug-likeness (QED) is 0.512. The van der Waals surface area contributed by atoms with E-state index in [1.165, 1.54) is 6.07 Å². The molecule has 0 saturated carbocycles. The van der Waals surface area contributed by atoms with E-state index >= 15 is 0 Å². The molecule has 1 saturated heterocycles. The van der Waals surface area contributed by atoms with Crippen LogP contribution in [-0.4, -0.2) is 42.9 Å². The number of carbonyl (C=O) groups is 1. The number of aliphatic hydroxyl groups is 1. The first-order valence-electron chi connectivity index (χ1n) is 9.86. The molecule has 32 heavy (non-hydrogen) atoms. The van der Waals surface area contributed by atoms with Crippen molar-refractivity contribution in [2.24, 2.45) is 5.92 Å². The molecule has 11 heteroatoms. The highest BCUT2D eigenvalue weighted by molar-refractivity contribution is 7.89. The Labute approximate surface area is 182 Å². The topological polar surface area (TPSA) is 86.7 Å². The molecule has 174 valence electrons. The molecule has 1 fully saturated rings. The molecule has 1 aliphatic heterocycles. The smallest absolute Gasteiger partial charge is 0.255 e. The summed E-state index contributed by atoms with van der Waals surface area (Å²) < 4.78 is 81.0. The van der Waals surface area contributed by atoms with Crippen molar-refractivity contribution in [1.82, 2.24) is 4.31 Å². The number of hydrogen-bond donors (Lipinski definition) is 2. The van der Waals surface area contributed by atoms with Crippen molar-refractivity contribution in [2.75, 3.05) is 18.4 Å². The first kappa shape index (κ1) is 24.1. The molecule has 2 N–H and O–H groups in total. The number of β-amino-alcohol motifs (C(OH)–C–C–N with tert-alkyl or cyclic N) is 1. The Hall–Kier alpha value is -2.50. The van der Waals surface area contributed by atoms with Crippen molar-refractivity contribution >= 4 is 21.6 Å². The van der Waals surface area contributed by atoms with E-state index in [1.54, 1.807) is 0 Å². The normalized spacial score (nSPS) is 20.1. The standard InChI is InChI=1S/C21H22F4N2O4S/c1-12-2-5-16(28)11-27(10-12)32(30,31)19-6-13(3-4-14(19)9-22)21(29)26-15-7-17(23)20(25)18(24)8-15/h3-4,6-8,12,16,28H,2,5,9-11H2,1H3,(H,26,29). The molecule has 1 heterocycles. The summed E-state index contributed by atoms with van der Waals surface area (Å²) in [5.41, 5.74) is -0.768. The number of sulfonamides is 1. The molecule has 2 unspecified atom stereocenters. The van der Waals surface area contributed by atoms with Crippen LogP contribution in [0.1, 0.15) is 35.7 Å². The fraction of sp³-hybridized carbons (Fsp3) is 0.381. The molecule has 0 radical (unpaired) electrons. The van der Waals surface area contributed by atoms with Gasteiger partial charge in [-0.05, 0) is 30.9 Å². The molecule has 0 aliphatic carbocycles. The maximum Gasteiger partial charge on any atom is 0.255 e. The van der Waals surface area contributed by atoms with E-state index < -0.39 is 51.1 Å². The minimum atomic E-state index is -4.26. The first-order valence-corrected chi connectivity index (χ1v) is 11.3. The van der Waals surface area contributed by atoms with Gasteiger partial charge < -0.3 is 10.4 Å². The highest BCUT2D eigenvalue weighted by Crippen LogP contribution is 2.27. The lowest BCUT2D eigenvalue weighted by atomic mass is 10.1. The van der Waals surface area contributed by atoms with Crippen LogP contribution in [0.5, 0.6) is 0 Å². The predicted octanol–water partition coefficient (Wildman–Crippen LogP) is 3.61. The van der Waals surface area contributed by atoms with Gasteiger partial charge in [-0.1, -0.05) is 13.0 Å². The molecule has 2 atom stereocenters. The number of hydrogen-bond acceptors (Lipinski definition) is 4. The first-order chi connectivity index (χ1) is 15.0. The summed E-state index contributed by atoms with van der Waals surface area (Å²) in [5.74, 6) is -5.68. The summed E-state index contributed by atoms with van der Waals surface area (Å²) in [6, 6.07) is 4.41. The zero-order valence-corrected chi connectivity index (χ0v) is 17.9. The Morgan fingerprint density at radius 3 is 2.41 bits per heavy atom. The van der Waals surface area contributed by atoms with Gasteiger partial charge in [0, 0.05) is 42.0 Å². The van der Waals surface area contributed by atoms with Crippen LogP contribution in [0.25, 0.3) is 0 Å². The van der Waals surface area contributed by atoms with Crippen molar-refractivity contribution in [2.45, 2.75) is 37.4 Å². The fourth-order valence-corrected chi connectivity index (χ4v) is 5.36. The van der Waals surface area contributed by atoms with E-state index in [1.807, 2.05) is 6.92 Å². The molecular formula is C21H22F4N2O4S. The number of carbonyl (C=O) groups excluding carboxylic acids is 1. The number of benzene rings is 2. The van der Waals surface area contributed by atoms with E-state index in [2.05, 4.69) is 5.32 Å². The van der Waals surface area contributed by atoms with E-state index in [-0.39, 0.29) is 35.8 Å². The summed E-state index contributed by atoms with van der Waals surface area (Å²) in [7, 11) is -4.26. The van der Waals surface area contributed by atoms with Crippen molar-refractivity contribution in [3.8, 4) is 0 Å². The van der Waals surface area contributed by atoms with Crippen LogP contribution < -0.4 is 5.32 Å². The minimum Gasteiger partial charge on any atom is -0.392 e. The largest absolute Gasteiger partial charge is 0.392 e.